The van der Waals surface area contributed by atoms with Crippen LogP contribution in [0.3, 0.4) is 0 Å². The van der Waals surface area contributed by atoms with Crippen LogP contribution in [0.2, 0.25) is 0 Å². The number of carbonyl (C=O) groups is 1. The van der Waals surface area contributed by atoms with Crippen LogP contribution in [0, 0.1) is 0 Å². The van der Waals surface area contributed by atoms with Crippen LogP contribution in [0.4, 0.5) is 4.79 Å². The van der Waals surface area contributed by atoms with Crippen molar-refractivity contribution >= 4 is 17.8 Å². The molecule has 1 atom stereocenters. The molecule has 0 aromatic heterocycles. The molecule has 0 aliphatic carbocycles. The number of rotatable bonds is 7. The van der Waals surface area contributed by atoms with E-state index in [-0.39, 0.29) is 12.1 Å². The van der Waals surface area contributed by atoms with Gasteiger partial charge in [-0.1, -0.05) is 0 Å². The van der Waals surface area contributed by atoms with Crippen molar-refractivity contribution in [1.29, 1.82) is 0 Å². The first-order valence-corrected chi connectivity index (χ1v) is 6.51. The first-order valence-electron chi connectivity index (χ1n) is 5.12. The standard InChI is InChI=1S/C10H22N2O2S/c1-9(5-8-15-4)12(2)10(13)11-6-7-14-3/h9H,5-8H2,1-4H3,(H,11,13)/t9-/m1/s1. The first kappa shape index (κ1) is 14.6. The minimum atomic E-state index is -0.0272. The molecular weight excluding hydrogens is 212 g/mol. The van der Waals surface area contributed by atoms with E-state index in [1.165, 1.54) is 0 Å². The molecule has 5 heteroatoms. The molecule has 0 aliphatic heterocycles. The zero-order chi connectivity index (χ0) is 11.7. The zero-order valence-corrected chi connectivity index (χ0v) is 10.9. The summed E-state index contributed by atoms with van der Waals surface area (Å²) in [6.07, 6.45) is 3.10. The largest absolute Gasteiger partial charge is 0.383 e. The molecule has 0 saturated heterocycles. The number of thioether (sulfide) groups is 1. The predicted octanol–water partition coefficient (Wildman–Crippen LogP) is 1.42. The molecule has 0 heterocycles. The molecule has 0 radical (unpaired) electrons. The van der Waals surface area contributed by atoms with Crippen molar-refractivity contribution in [3.63, 3.8) is 0 Å². The van der Waals surface area contributed by atoms with Crippen molar-refractivity contribution in [2.45, 2.75) is 19.4 Å². The lowest BCUT2D eigenvalue weighted by atomic mass is 10.2. The zero-order valence-electron chi connectivity index (χ0n) is 10.1. The molecule has 0 fully saturated rings. The highest BCUT2D eigenvalue weighted by atomic mass is 32.2. The van der Waals surface area contributed by atoms with E-state index in [0.717, 1.165) is 12.2 Å². The average Bonchev–Trinajstić information content (AvgIpc) is 2.24. The van der Waals surface area contributed by atoms with Gasteiger partial charge in [0.1, 0.15) is 0 Å². The molecule has 0 saturated carbocycles. The van der Waals surface area contributed by atoms with Gasteiger partial charge in [0.05, 0.1) is 6.61 Å². The van der Waals surface area contributed by atoms with E-state index in [1.807, 2.05) is 7.05 Å². The molecule has 0 bridgehead atoms. The second kappa shape index (κ2) is 8.85. The molecule has 15 heavy (non-hydrogen) atoms. The van der Waals surface area contributed by atoms with Crippen LogP contribution >= 0.6 is 11.8 Å². The molecule has 2 amide bonds. The van der Waals surface area contributed by atoms with Crippen LogP contribution in [0.1, 0.15) is 13.3 Å². The highest BCUT2D eigenvalue weighted by Gasteiger charge is 2.14. The van der Waals surface area contributed by atoms with Gasteiger partial charge >= 0.3 is 6.03 Å². The summed E-state index contributed by atoms with van der Waals surface area (Å²) >= 11 is 1.80. The van der Waals surface area contributed by atoms with Crippen molar-refractivity contribution in [3.05, 3.63) is 0 Å². The third-order valence-corrected chi connectivity index (χ3v) is 2.95. The summed E-state index contributed by atoms with van der Waals surface area (Å²) in [5.41, 5.74) is 0. The average molecular weight is 234 g/mol. The molecule has 0 aliphatic rings. The highest BCUT2D eigenvalue weighted by molar-refractivity contribution is 7.98. The number of carbonyl (C=O) groups excluding carboxylic acids is 1. The first-order chi connectivity index (χ1) is 7.13. The quantitative estimate of drug-likeness (QED) is 0.677. The van der Waals surface area contributed by atoms with Gasteiger partial charge in [-0.05, 0) is 25.4 Å². The minimum absolute atomic E-state index is 0.0272. The van der Waals surface area contributed by atoms with Gasteiger partial charge in [-0.25, -0.2) is 4.79 Å². The number of ether oxygens (including phenoxy) is 1. The van der Waals surface area contributed by atoms with Gasteiger partial charge in [0.15, 0.2) is 0 Å². The second-order valence-corrected chi connectivity index (χ2v) is 4.45. The molecule has 0 spiro atoms. The monoisotopic (exact) mass is 234 g/mol. The topological polar surface area (TPSA) is 41.6 Å². The fourth-order valence-electron chi connectivity index (χ4n) is 1.07. The summed E-state index contributed by atoms with van der Waals surface area (Å²) in [7, 11) is 3.45. The fraction of sp³-hybridized carbons (Fsp3) is 0.900. The number of nitrogens with one attached hydrogen (secondary N) is 1. The molecule has 0 aromatic carbocycles. The lowest BCUT2D eigenvalue weighted by molar-refractivity contribution is 0.176. The van der Waals surface area contributed by atoms with Crippen LogP contribution in [-0.4, -0.2) is 56.3 Å². The maximum absolute atomic E-state index is 11.6. The lowest BCUT2D eigenvalue weighted by Crippen LogP contribution is -2.43. The molecule has 90 valence electrons. The van der Waals surface area contributed by atoms with Crippen LogP contribution < -0.4 is 5.32 Å². The SMILES string of the molecule is COCCNC(=O)N(C)[C@H](C)CCSC. The molecule has 0 aromatic rings. The predicted molar refractivity (Wildman–Crippen MR) is 65.5 cm³/mol. The van der Waals surface area contributed by atoms with Crippen LogP contribution in [0.5, 0.6) is 0 Å². The van der Waals surface area contributed by atoms with Gasteiger partial charge in [-0.15, -0.1) is 0 Å². The number of urea groups is 1. The molecular formula is C10H22N2O2S. The van der Waals surface area contributed by atoms with E-state index in [9.17, 15) is 4.79 Å². The van der Waals surface area contributed by atoms with Crippen LogP contribution in [0.15, 0.2) is 0 Å². The van der Waals surface area contributed by atoms with E-state index >= 15 is 0 Å². The number of hydrogen-bond acceptors (Lipinski definition) is 3. The summed E-state index contributed by atoms with van der Waals surface area (Å²) in [5, 5.41) is 2.80. The third kappa shape index (κ3) is 6.62. The molecule has 4 nitrogen and oxygen atoms in total. The van der Waals surface area contributed by atoms with Crippen molar-refractivity contribution in [2.24, 2.45) is 0 Å². The summed E-state index contributed by atoms with van der Waals surface area (Å²) in [6, 6.07) is 0.251. The van der Waals surface area contributed by atoms with E-state index in [0.29, 0.717) is 13.2 Å². The Balaban J connectivity index is 3.75. The lowest BCUT2D eigenvalue weighted by Gasteiger charge is -2.24. The second-order valence-electron chi connectivity index (χ2n) is 3.47. The van der Waals surface area contributed by atoms with Crippen LogP contribution in [-0.2, 0) is 4.74 Å². The van der Waals surface area contributed by atoms with E-state index in [1.54, 1.807) is 23.8 Å². The Morgan fingerprint density at radius 2 is 2.27 bits per heavy atom. The number of hydrogen-bond donors (Lipinski definition) is 1. The summed E-state index contributed by atoms with van der Waals surface area (Å²) in [5.74, 6) is 1.08. The van der Waals surface area contributed by atoms with Crippen molar-refractivity contribution in [1.82, 2.24) is 10.2 Å². The number of nitrogens with zero attached hydrogens (tertiary/aromatic N) is 1. The number of methoxy groups -OCH3 is 1. The molecule has 0 rings (SSSR count). The van der Waals surface area contributed by atoms with Gasteiger partial charge in [-0.3, -0.25) is 0 Å². The summed E-state index contributed by atoms with van der Waals surface area (Å²) in [4.78, 5) is 13.3. The van der Waals surface area contributed by atoms with Gasteiger partial charge < -0.3 is 15.0 Å². The van der Waals surface area contributed by atoms with Crippen molar-refractivity contribution < 1.29 is 9.53 Å². The Morgan fingerprint density at radius 3 is 2.80 bits per heavy atom. The van der Waals surface area contributed by atoms with E-state index in [2.05, 4.69) is 18.5 Å². The third-order valence-electron chi connectivity index (χ3n) is 2.30. The Kier molecular flexibility index (Phi) is 8.61. The number of amides is 2. The summed E-state index contributed by atoms with van der Waals surface area (Å²) < 4.78 is 4.86. The smallest absolute Gasteiger partial charge is 0.317 e. The van der Waals surface area contributed by atoms with E-state index in [4.69, 9.17) is 4.74 Å². The normalized spacial score (nSPS) is 12.3. The minimum Gasteiger partial charge on any atom is -0.383 e. The maximum atomic E-state index is 11.6. The maximum Gasteiger partial charge on any atom is 0.317 e. The Labute approximate surface area is 96.7 Å². The molecule has 0 unspecified atom stereocenters. The van der Waals surface area contributed by atoms with Gasteiger partial charge in [0, 0.05) is 26.7 Å². The van der Waals surface area contributed by atoms with Gasteiger partial charge in [0.2, 0.25) is 0 Å². The highest BCUT2D eigenvalue weighted by Crippen LogP contribution is 2.05. The Morgan fingerprint density at radius 1 is 1.60 bits per heavy atom. The fourth-order valence-corrected chi connectivity index (χ4v) is 1.64. The van der Waals surface area contributed by atoms with Crippen molar-refractivity contribution in [3.8, 4) is 0 Å². The Hall–Kier alpha value is -0.420. The van der Waals surface area contributed by atoms with Gasteiger partial charge in [0.25, 0.3) is 0 Å². The van der Waals surface area contributed by atoms with E-state index < -0.39 is 0 Å². The molecule has 1 N–H and O–H groups in total. The Bertz CT molecular complexity index is 179. The van der Waals surface area contributed by atoms with Gasteiger partial charge in [-0.2, -0.15) is 11.8 Å². The van der Waals surface area contributed by atoms with Crippen molar-refractivity contribution in [2.75, 3.05) is 39.3 Å². The summed E-state index contributed by atoms with van der Waals surface area (Å²) in [6.45, 7) is 3.18. The van der Waals surface area contributed by atoms with Crippen LogP contribution in [0.25, 0.3) is 0 Å².